The van der Waals surface area contributed by atoms with E-state index in [0.717, 1.165) is 0 Å². The van der Waals surface area contributed by atoms with E-state index in [0.29, 0.717) is 24.2 Å². The molecule has 0 radical (unpaired) electrons. The van der Waals surface area contributed by atoms with E-state index in [2.05, 4.69) is 20.6 Å². The van der Waals surface area contributed by atoms with E-state index in [9.17, 15) is 19.2 Å². The number of hydrogen-bond donors (Lipinski definition) is 4. The van der Waals surface area contributed by atoms with Crippen LogP contribution in [-0.2, 0) is 14.4 Å². The Balaban J connectivity index is 0.00000480. The topological polar surface area (TPSA) is 198 Å². The predicted octanol–water partition coefficient (Wildman–Crippen LogP) is -0.940. The Hall–Kier alpha value is -3.87. The molecule has 0 spiro atoms. The first kappa shape index (κ1) is 25.2. The molecule has 1 aliphatic rings. The van der Waals surface area contributed by atoms with Crippen LogP contribution in [0, 0.1) is 0 Å². The molecule has 1 aromatic carbocycles. The summed E-state index contributed by atoms with van der Waals surface area (Å²) in [4.78, 5) is 53.6. The maximum absolute atomic E-state index is 12.6. The first-order valence-corrected chi connectivity index (χ1v) is 9.08. The third-order valence-electron chi connectivity index (χ3n) is 4.20. The molecule has 0 aliphatic carbocycles. The Bertz CT molecular complexity index is 840. The van der Waals surface area contributed by atoms with Crippen molar-refractivity contribution >= 4 is 35.5 Å². The molecule has 1 fully saturated rings. The monoisotopic (exact) mass is 438 g/mol. The molecule has 0 bridgehead atoms. The number of benzene rings is 1. The van der Waals surface area contributed by atoms with Crippen LogP contribution in [0.5, 0.6) is 0 Å². The molecule has 1 saturated heterocycles. The van der Waals surface area contributed by atoms with Crippen LogP contribution in [0.15, 0.2) is 29.4 Å². The summed E-state index contributed by atoms with van der Waals surface area (Å²) in [7, 11) is 3.02. The molecule has 2 rings (SSSR count). The summed E-state index contributed by atoms with van der Waals surface area (Å²) in [5.74, 6) is -1.30. The molecule has 0 aromatic heterocycles. The minimum absolute atomic E-state index is 0. The largest absolute Gasteiger partial charge is 0.481 e. The van der Waals surface area contributed by atoms with Gasteiger partial charge in [0.25, 0.3) is 0 Å². The first-order chi connectivity index (χ1) is 14.2. The molecule has 4 amide bonds. The second kappa shape index (κ2) is 11.3. The van der Waals surface area contributed by atoms with Gasteiger partial charge < -0.3 is 36.7 Å². The van der Waals surface area contributed by atoms with Gasteiger partial charge in [0.1, 0.15) is 6.04 Å². The number of amides is 4. The molecule has 1 atom stereocenters. The van der Waals surface area contributed by atoms with Gasteiger partial charge in [0.05, 0.1) is 6.42 Å². The smallest absolute Gasteiger partial charge is 0.435 e. The number of anilines is 1. The zero-order chi connectivity index (χ0) is 22.3. The lowest BCUT2D eigenvalue weighted by molar-refractivity contribution is -0.136. The number of rotatable bonds is 7. The number of carbonyl (C=O) groups is 4. The number of amidine groups is 1. The van der Waals surface area contributed by atoms with E-state index in [1.807, 2.05) is 0 Å². The first-order valence-electron chi connectivity index (χ1n) is 9.08. The van der Waals surface area contributed by atoms with E-state index >= 15 is 0 Å². The number of aliphatic carboxylic acids is 1. The molecular weight excluding hydrogens is 412 g/mol. The van der Waals surface area contributed by atoms with Crippen molar-refractivity contribution in [1.29, 1.82) is 0 Å². The van der Waals surface area contributed by atoms with Crippen molar-refractivity contribution in [2.24, 2.45) is 10.9 Å². The highest BCUT2D eigenvalue weighted by Crippen LogP contribution is 2.22. The summed E-state index contributed by atoms with van der Waals surface area (Å²) in [6.07, 6.45) is -0.453. The molecule has 13 heteroatoms. The van der Waals surface area contributed by atoms with Crippen LogP contribution in [-0.4, -0.2) is 78.5 Å². The normalized spacial score (nSPS) is 15.7. The van der Waals surface area contributed by atoms with E-state index in [4.69, 9.17) is 10.8 Å². The summed E-state index contributed by atoms with van der Waals surface area (Å²) in [6, 6.07) is 5.29. The van der Waals surface area contributed by atoms with Crippen molar-refractivity contribution in [3.8, 4) is 0 Å². The number of nitrogens with two attached hydrogens (primary N) is 1. The highest BCUT2D eigenvalue weighted by atomic mass is 16.7. The quantitative estimate of drug-likeness (QED) is 0.182. The Morgan fingerprint density at radius 3 is 2.52 bits per heavy atom. The van der Waals surface area contributed by atoms with Crippen molar-refractivity contribution in [2.45, 2.75) is 18.9 Å². The molecule has 7 N–H and O–H groups in total. The lowest BCUT2D eigenvalue weighted by Crippen LogP contribution is -2.46. The maximum atomic E-state index is 12.6. The number of nitrogens with one attached hydrogen (secondary N) is 2. The molecular formula is C18H26N6O7. The van der Waals surface area contributed by atoms with Crippen molar-refractivity contribution in [3.63, 3.8) is 0 Å². The second-order valence-corrected chi connectivity index (χ2v) is 6.65. The number of carbonyl (C=O) groups excluding carboxylic acids is 3. The SMILES string of the molecule is CN(C)C(=O)ON=C(N)c1ccc(N2CC[C@H](NC(=O)NCCC(=O)O)C2=O)cc1.O. The van der Waals surface area contributed by atoms with Gasteiger partial charge in [-0.15, -0.1) is 0 Å². The van der Waals surface area contributed by atoms with Gasteiger partial charge in [-0.3, -0.25) is 14.4 Å². The Labute approximate surface area is 178 Å². The number of carboxylic acids is 1. The third kappa shape index (κ3) is 7.15. The fraction of sp³-hybridized carbons (Fsp3) is 0.389. The van der Waals surface area contributed by atoms with Crippen molar-refractivity contribution < 1.29 is 34.6 Å². The van der Waals surface area contributed by atoms with Crippen LogP contribution in [0.2, 0.25) is 0 Å². The van der Waals surface area contributed by atoms with Gasteiger partial charge in [-0.1, -0.05) is 5.16 Å². The fourth-order valence-electron chi connectivity index (χ4n) is 2.60. The summed E-state index contributed by atoms with van der Waals surface area (Å²) in [5.41, 5.74) is 6.91. The molecule has 13 nitrogen and oxygen atoms in total. The van der Waals surface area contributed by atoms with Gasteiger partial charge in [-0.25, -0.2) is 9.59 Å². The number of nitrogens with zero attached hydrogens (tertiary/aromatic N) is 3. The molecule has 0 saturated carbocycles. The van der Waals surface area contributed by atoms with Crippen molar-refractivity contribution in [3.05, 3.63) is 29.8 Å². The third-order valence-corrected chi connectivity index (χ3v) is 4.20. The minimum Gasteiger partial charge on any atom is -0.481 e. The molecule has 0 unspecified atom stereocenters. The minimum atomic E-state index is -1.02. The highest BCUT2D eigenvalue weighted by molar-refractivity contribution is 6.02. The maximum Gasteiger partial charge on any atom is 0.435 e. The number of oxime groups is 1. The Morgan fingerprint density at radius 2 is 1.94 bits per heavy atom. The van der Waals surface area contributed by atoms with E-state index in [-0.39, 0.29) is 30.2 Å². The molecule has 1 heterocycles. The zero-order valence-corrected chi connectivity index (χ0v) is 17.1. The molecule has 170 valence electrons. The second-order valence-electron chi connectivity index (χ2n) is 6.65. The zero-order valence-electron chi connectivity index (χ0n) is 17.1. The van der Waals surface area contributed by atoms with Crippen LogP contribution in [0.3, 0.4) is 0 Å². The van der Waals surface area contributed by atoms with Gasteiger partial charge in [0.2, 0.25) is 5.91 Å². The van der Waals surface area contributed by atoms with E-state index in [1.165, 1.54) is 23.9 Å². The molecule has 1 aromatic rings. The van der Waals surface area contributed by atoms with Crippen LogP contribution < -0.4 is 21.3 Å². The summed E-state index contributed by atoms with van der Waals surface area (Å²) < 4.78 is 0. The van der Waals surface area contributed by atoms with Crippen LogP contribution in [0.1, 0.15) is 18.4 Å². The van der Waals surface area contributed by atoms with Gasteiger partial charge in [0.15, 0.2) is 5.84 Å². The molecule has 31 heavy (non-hydrogen) atoms. The Morgan fingerprint density at radius 1 is 1.29 bits per heavy atom. The van der Waals surface area contributed by atoms with Crippen LogP contribution in [0.4, 0.5) is 15.3 Å². The van der Waals surface area contributed by atoms with Gasteiger partial charge in [-0.2, -0.15) is 0 Å². The van der Waals surface area contributed by atoms with Crippen LogP contribution >= 0.6 is 0 Å². The standard InChI is InChI=1S/C18H24N6O6.H2O/c1-23(2)18(29)30-22-15(19)11-3-5-12(6-4-11)24-10-8-13(16(24)27)21-17(28)20-9-7-14(25)26;/h3-6,13H,7-10H2,1-2H3,(H2,19,22)(H,25,26)(H2,20,21,28);1H2/t13-;/m0./s1. The fourth-order valence-corrected chi connectivity index (χ4v) is 2.60. The predicted molar refractivity (Wildman–Crippen MR) is 110 cm³/mol. The average Bonchev–Trinajstić information content (AvgIpc) is 3.05. The average molecular weight is 438 g/mol. The lowest BCUT2D eigenvalue weighted by atomic mass is 10.2. The number of carboxylic acid groups (broad SMARTS) is 1. The van der Waals surface area contributed by atoms with Crippen molar-refractivity contribution in [1.82, 2.24) is 15.5 Å². The van der Waals surface area contributed by atoms with E-state index < -0.39 is 24.1 Å². The summed E-state index contributed by atoms with van der Waals surface area (Å²) in [5, 5.41) is 17.1. The lowest BCUT2D eigenvalue weighted by Gasteiger charge is -2.18. The van der Waals surface area contributed by atoms with Gasteiger partial charge in [0, 0.05) is 38.4 Å². The van der Waals surface area contributed by atoms with E-state index in [1.54, 1.807) is 24.3 Å². The summed E-state index contributed by atoms with van der Waals surface area (Å²) >= 11 is 0. The number of hydrogen-bond acceptors (Lipinski definition) is 6. The van der Waals surface area contributed by atoms with Gasteiger partial charge in [-0.05, 0) is 30.7 Å². The van der Waals surface area contributed by atoms with Crippen LogP contribution in [0.25, 0.3) is 0 Å². The highest BCUT2D eigenvalue weighted by Gasteiger charge is 2.33. The number of urea groups is 1. The molecule has 1 aliphatic heterocycles. The Kier molecular flexibility index (Phi) is 9.21. The van der Waals surface area contributed by atoms with Gasteiger partial charge >= 0.3 is 18.1 Å². The van der Waals surface area contributed by atoms with Crippen molar-refractivity contribution in [2.75, 3.05) is 32.1 Å². The summed E-state index contributed by atoms with van der Waals surface area (Å²) in [6.45, 7) is 0.377.